The van der Waals surface area contributed by atoms with E-state index in [1.165, 1.54) is 25.4 Å². The van der Waals surface area contributed by atoms with Crippen LogP contribution in [0.4, 0.5) is 23.7 Å². The van der Waals surface area contributed by atoms with Crippen molar-refractivity contribution in [2.45, 2.75) is 58.3 Å². The molecule has 4 rings (SSSR count). The molecule has 38 heavy (non-hydrogen) atoms. The molecule has 1 aromatic heterocycles. The quantitative estimate of drug-likeness (QED) is 0.384. The molecule has 1 amide bonds. The lowest BCUT2D eigenvalue weighted by atomic mass is 10.0. The Morgan fingerprint density at radius 2 is 1.92 bits per heavy atom. The molecule has 1 aliphatic heterocycles. The predicted molar refractivity (Wildman–Crippen MR) is 136 cm³/mol. The van der Waals surface area contributed by atoms with Crippen molar-refractivity contribution in [3.63, 3.8) is 0 Å². The Hall–Kier alpha value is -3.76. The van der Waals surface area contributed by atoms with Gasteiger partial charge in [0, 0.05) is 30.0 Å². The van der Waals surface area contributed by atoms with E-state index in [1.54, 1.807) is 24.0 Å². The van der Waals surface area contributed by atoms with E-state index in [-0.39, 0.29) is 11.7 Å². The molecule has 0 radical (unpaired) electrons. The standard InChI is InChI=1S/C27H31F3N4O4/c1-15(17-7-6-8-18(24(17)28)25(29)30)32-21-13-31-33-20-12-22(36-5)23(11-19(20)21)37-16-9-10-34(14-16)26(35)38-27(2,3)4/h6-8,11-13,15-16,25H,9-10,14H2,1-5H3,(H,32,33)/t15-,16+/m1/s1. The number of benzene rings is 2. The van der Waals surface area contributed by atoms with Crippen LogP contribution in [0.2, 0.25) is 0 Å². The Balaban J connectivity index is 1.58. The summed E-state index contributed by atoms with van der Waals surface area (Å²) in [4.78, 5) is 14.0. The molecule has 204 valence electrons. The fourth-order valence-corrected chi connectivity index (χ4v) is 4.31. The van der Waals surface area contributed by atoms with Crippen LogP contribution in [0, 0.1) is 5.82 Å². The Kier molecular flexibility index (Phi) is 7.84. The van der Waals surface area contributed by atoms with E-state index < -0.39 is 35.5 Å². The molecule has 2 heterocycles. The lowest BCUT2D eigenvalue weighted by Gasteiger charge is -2.24. The summed E-state index contributed by atoms with van der Waals surface area (Å²) in [7, 11) is 1.51. The van der Waals surface area contributed by atoms with Crippen LogP contribution >= 0.6 is 0 Å². The first-order valence-electron chi connectivity index (χ1n) is 12.3. The average Bonchev–Trinajstić information content (AvgIpc) is 3.31. The lowest BCUT2D eigenvalue weighted by molar-refractivity contribution is 0.0275. The Morgan fingerprint density at radius 3 is 2.61 bits per heavy atom. The summed E-state index contributed by atoms with van der Waals surface area (Å²) < 4.78 is 58.3. The molecule has 0 saturated carbocycles. The van der Waals surface area contributed by atoms with Gasteiger partial charge in [0.15, 0.2) is 11.5 Å². The summed E-state index contributed by atoms with van der Waals surface area (Å²) in [6, 6.07) is 6.70. The smallest absolute Gasteiger partial charge is 0.410 e. The largest absolute Gasteiger partial charge is 0.493 e. The van der Waals surface area contributed by atoms with Crippen molar-refractivity contribution in [2.24, 2.45) is 0 Å². The van der Waals surface area contributed by atoms with Crippen molar-refractivity contribution < 1.29 is 32.2 Å². The molecule has 0 unspecified atom stereocenters. The number of carbonyl (C=O) groups is 1. The average molecular weight is 533 g/mol. The number of anilines is 1. The number of nitrogens with zero attached hydrogens (tertiary/aromatic N) is 3. The van der Waals surface area contributed by atoms with Gasteiger partial charge in [-0.1, -0.05) is 18.2 Å². The molecule has 2 atom stereocenters. The van der Waals surface area contributed by atoms with Crippen molar-refractivity contribution in [3.8, 4) is 11.5 Å². The zero-order chi connectivity index (χ0) is 27.6. The summed E-state index contributed by atoms with van der Waals surface area (Å²) in [6.07, 6.45) is -1.52. The van der Waals surface area contributed by atoms with Crippen LogP contribution in [-0.4, -0.2) is 53.1 Å². The van der Waals surface area contributed by atoms with E-state index in [9.17, 15) is 18.0 Å². The van der Waals surface area contributed by atoms with Gasteiger partial charge in [-0.2, -0.15) is 10.2 Å². The third-order valence-corrected chi connectivity index (χ3v) is 6.15. The first-order chi connectivity index (χ1) is 18.0. The molecule has 0 spiro atoms. The first kappa shape index (κ1) is 27.3. The van der Waals surface area contributed by atoms with Gasteiger partial charge in [0.2, 0.25) is 0 Å². The number of ether oxygens (including phenoxy) is 3. The van der Waals surface area contributed by atoms with E-state index in [2.05, 4.69) is 15.5 Å². The number of fused-ring (bicyclic) bond motifs is 1. The van der Waals surface area contributed by atoms with E-state index >= 15 is 0 Å². The number of methoxy groups -OCH3 is 1. The van der Waals surface area contributed by atoms with Gasteiger partial charge in [-0.3, -0.25) is 0 Å². The van der Waals surface area contributed by atoms with Gasteiger partial charge >= 0.3 is 6.09 Å². The van der Waals surface area contributed by atoms with Crippen LogP contribution in [0.1, 0.15) is 57.7 Å². The summed E-state index contributed by atoms with van der Waals surface area (Å²) in [5.41, 5.74) is -0.131. The fraction of sp³-hybridized carbons (Fsp3) is 0.444. The number of nitrogens with one attached hydrogen (secondary N) is 1. The predicted octanol–water partition coefficient (Wildman–Crippen LogP) is 6.28. The van der Waals surface area contributed by atoms with Crippen LogP contribution in [0.3, 0.4) is 0 Å². The second-order valence-corrected chi connectivity index (χ2v) is 10.2. The van der Waals surface area contributed by atoms with Gasteiger partial charge < -0.3 is 24.4 Å². The normalized spacial score (nSPS) is 16.6. The minimum Gasteiger partial charge on any atom is -0.493 e. The Morgan fingerprint density at radius 1 is 1.18 bits per heavy atom. The van der Waals surface area contributed by atoms with Gasteiger partial charge in [0.25, 0.3) is 6.43 Å². The van der Waals surface area contributed by atoms with E-state index in [0.717, 1.165) is 6.07 Å². The molecule has 0 aliphatic carbocycles. The third-order valence-electron chi connectivity index (χ3n) is 6.15. The molecule has 11 heteroatoms. The highest BCUT2D eigenvalue weighted by atomic mass is 19.3. The SMILES string of the molecule is COc1cc2nncc(N[C@H](C)c3cccc(C(F)F)c3F)c2cc1O[C@H]1CCN(C(=O)OC(C)(C)C)C1. The van der Waals surface area contributed by atoms with Gasteiger partial charge in [0.1, 0.15) is 17.5 Å². The van der Waals surface area contributed by atoms with Crippen LogP contribution in [-0.2, 0) is 4.74 Å². The van der Waals surface area contributed by atoms with Crippen molar-refractivity contribution in [1.29, 1.82) is 0 Å². The van der Waals surface area contributed by atoms with E-state index in [1.807, 2.05) is 20.8 Å². The minimum atomic E-state index is -2.92. The first-order valence-corrected chi connectivity index (χ1v) is 12.3. The van der Waals surface area contributed by atoms with Crippen molar-refractivity contribution in [3.05, 3.63) is 53.5 Å². The van der Waals surface area contributed by atoms with E-state index in [4.69, 9.17) is 14.2 Å². The number of aromatic nitrogens is 2. The highest BCUT2D eigenvalue weighted by Gasteiger charge is 2.31. The second-order valence-electron chi connectivity index (χ2n) is 10.2. The van der Waals surface area contributed by atoms with Gasteiger partial charge in [-0.15, -0.1) is 0 Å². The molecule has 1 N–H and O–H groups in total. The van der Waals surface area contributed by atoms with Crippen molar-refractivity contribution in [2.75, 3.05) is 25.5 Å². The summed E-state index contributed by atoms with van der Waals surface area (Å²) >= 11 is 0. The van der Waals surface area contributed by atoms with Crippen LogP contribution in [0.5, 0.6) is 11.5 Å². The van der Waals surface area contributed by atoms with Gasteiger partial charge in [-0.05, 0) is 33.8 Å². The highest BCUT2D eigenvalue weighted by Crippen LogP contribution is 2.37. The number of halogens is 3. The monoisotopic (exact) mass is 532 g/mol. The molecule has 1 fully saturated rings. The summed E-state index contributed by atoms with van der Waals surface area (Å²) in [5.74, 6) is -0.0793. The maximum Gasteiger partial charge on any atom is 0.410 e. The Labute approximate surface area is 219 Å². The maximum absolute atomic E-state index is 14.7. The maximum atomic E-state index is 14.7. The summed E-state index contributed by atoms with van der Waals surface area (Å²) in [5, 5.41) is 12.0. The number of hydrogen-bond acceptors (Lipinski definition) is 7. The molecule has 1 aliphatic rings. The lowest BCUT2D eigenvalue weighted by Crippen LogP contribution is -2.36. The van der Waals surface area contributed by atoms with Gasteiger partial charge in [-0.25, -0.2) is 18.0 Å². The molecular formula is C27H31F3N4O4. The molecule has 2 aromatic carbocycles. The van der Waals surface area contributed by atoms with E-state index in [0.29, 0.717) is 47.6 Å². The molecular weight excluding hydrogens is 501 g/mol. The van der Waals surface area contributed by atoms with Crippen LogP contribution in [0.25, 0.3) is 10.9 Å². The number of alkyl halides is 2. The molecule has 0 bridgehead atoms. The van der Waals surface area contributed by atoms with Crippen molar-refractivity contribution >= 4 is 22.7 Å². The van der Waals surface area contributed by atoms with Crippen molar-refractivity contribution in [1.82, 2.24) is 15.1 Å². The number of likely N-dealkylation sites (tertiary alicyclic amines) is 1. The topological polar surface area (TPSA) is 85.8 Å². The Bertz CT molecular complexity index is 1320. The molecule has 3 aromatic rings. The second kappa shape index (κ2) is 10.9. The fourth-order valence-electron chi connectivity index (χ4n) is 4.31. The summed E-state index contributed by atoms with van der Waals surface area (Å²) in [6.45, 7) is 7.96. The zero-order valence-corrected chi connectivity index (χ0v) is 21.9. The van der Waals surface area contributed by atoms with Crippen LogP contribution in [0.15, 0.2) is 36.5 Å². The van der Waals surface area contributed by atoms with Crippen LogP contribution < -0.4 is 14.8 Å². The number of carbonyl (C=O) groups excluding carboxylic acids is 1. The third kappa shape index (κ3) is 6.03. The number of amides is 1. The zero-order valence-electron chi connectivity index (χ0n) is 21.9. The van der Waals surface area contributed by atoms with Gasteiger partial charge in [0.05, 0.1) is 42.7 Å². The molecule has 1 saturated heterocycles. The molecule has 8 nitrogen and oxygen atoms in total. The minimum absolute atomic E-state index is 0.103. The number of rotatable bonds is 7. The number of hydrogen-bond donors (Lipinski definition) is 1. The highest BCUT2D eigenvalue weighted by molar-refractivity contribution is 5.93.